The Kier molecular flexibility index (Phi) is 6.22. The van der Waals surface area contributed by atoms with E-state index in [1.807, 2.05) is 71.6 Å². The van der Waals surface area contributed by atoms with Gasteiger partial charge in [0.1, 0.15) is 17.0 Å². The summed E-state index contributed by atoms with van der Waals surface area (Å²) in [5.41, 5.74) is 4.82. The molecular formula is C28H25ClN2O4. The molecule has 5 rings (SSSR count). The molecule has 3 aromatic carbocycles. The van der Waals surface area contributed by atoms with Crippen LogP contribution < -0.4 is 9.47 Å². The molecule has 35 heavy (non-hydrogen) atoms. The Morgan fingerprint density at radius 3 is 2.49 bits per heavy atom. The number of aryl methyl sites for hydroxylation is 1. The average molecular weight is 489 g/mol. The van der Waals surface area contributed by atoms with Gasteiger partial charge < -0.3 is 18.9 Å². The molecule has 0 aliphatic carbocycles. The lowest BCUT2D eigenvalue weighted by molar-refractivity contribution is 0.0693. The van der Waals surface area contributed by atoms with Gasteiger partial charge >= 0.3 is 0 Å². The molecule has 1 aliphatic heterocycles. The van der Waals surface area contributed by atoms with E-state index < -0.39 is 0 Å². The van der Waals surface area contributed by atoms with Crippen LogP contribution in [-0.4, -0.2) is 36.7 Å². The number of halogens is 1. The average Bonchev–Trinajstić information content (AvgIpc) is 3.28. The molecule has 0 fully saturated rings. The molecule has 0 N–H and O–H groups in total. The minimum atomic E-state index is -0.373. The Hall–Kier alpha value is -3.77. The Labute approximate surface area is 209 Å². The molecule has 0 radical (unpaired) electrons. The van der Waals surface area contributed by atoms with Gasteiger partial charge in [0.15, 0.2) is 11.5 Å². The van der Waals surface area contributed by atoms with Crippen LogP contribution in [0.4, 0.5) is 0 Å². The molecule has 0 saturated heterocycles. The molecule has 178 valence electrons. The summed E-state index contributed by atoms with van der Waals surface area (Å²) in [6.07, 6.45) is 0.670. The Bertz CT molecular complexity index is 1380. The van der Waals surface area contributed by atoms with Crippen molar-refractivity contribution < 1.29 is 18.8 Å². The van der Waals surface area contributed by atoms with Crippen LogP contribution in [0.3, 0.4) is 0 Å². The number of carbonyl (C=O) groups excluding carboxylic acids is 1. The van der Waals surface area contributed by atoms with Gasteiger partial charge in [-0.2, -0.15) is 0 Å². The van der Waals surface area contributed by atoms with Gasteiger partial charge in [0, 0.05) is 17.1 Å². The van der Waals surface area contributed by atoms with E-state index in [1.165, 1.54) is 0 Å². The quantitative estimate of drug-likeness (QED) is 0.339. The first-order chi connectivity index (χ1) is 17.0. The maximum atomic E-state index is 14.2. The lowest BCUT2D eigenvalue weighted by atomic mass is 9.87. The monoisotopic (exact) mass is 488 g/mol. The zero-order valence-electron chi connectivity index (χ0n) is 19.7. The van der Waals surface area contributed by atoms with Crippen molar-refractivity contribution in [1.82, 2.24) is 10.1 Å². The van der Waals surface area contributed by atoms with Crippen LogP contribution in [0.25, 0.3) is 11.3 Å². The second-order valence-corrected chi connectivity index (χ2v) is 8.88. The predicted molar refractivity (Wildman–Crippen MR) is 134 cm³/mol. The molecule has 0 unspecified atom stereocenters. The van der Waals surface area contributed by atoms with Crippen molar-refractivity contribution in [2.24, 2.45) is 0 Å². The molecule has 2 heterocycles. The highest BCUT2D eigenvalue weighted by Crippen LogP contribution is 2.42. The number of nitrogens with zero attached hydrogens (tertiary/aromatic N) is 2. The summed E-state index contributed by atoms with van der Waals surface area (Å²) in [5, 5.41) is 4.83. The molecule has 4 aromatic rings. The summed E-state index contributed by atoms with van der Waals surface area (Å²) in [4.78, 5) is 16.0. The van der Waals surface area contributed by atoms with E-state index in [2.05, 4.69) is 5.16 Å². The van der Waals surface area contributed by atoms with Gasteiger partial charge in [-0.25, -0.2) is 0 Å². The second-order valence-electron chi connectivity index (χ2n) is 8.44. The molecule has 7 heteroatoms. The minimum absolute atomic E-state index is 0.145. The van der Waals surface area contributed by atoms with Crippen LogP contribution in [0, 0.1) is 6.92 Å². The third-order valence-electron chi connectivity index (χ3n) is 6.42. The Morgan fingerprint density at radius 2 is 1.77 bits per heavy atom. The van der Waals surface area contributed by atoms with E-state index in [0.29, 0.717) is 46.5 Å². The SMILES string of the molecule is COc1cc2c(cc1OC)[C@H](c1cccc(Cl)c1)N(C(=O)c1c(-c3ccccc3)noc1C)CC2. The highest BCUT2D eigenvalue weighted by atomic mass is 35.5. The van der Waals surface area contributed by atoms with E-state index >= 15 is 0 Å². The minimum Gasteiger partial charge on any atom is -0.493 e. The van der Waals surface area contributed by atoms with Crippen LogP contribution in [0.15, 0.2) is 71.3 Å². The number of fused-ring (bicyclic) bond motifs is 1. The standard InChI is InChI=1S/C28H25ClN2O4/c1-17-25(26(30-35-17)18-8-5-4-6-9-18)28(32)31-13-12-19-15-23(33-2)24(34-3)16-22(19)27(31)20-10-7-11-21(29)14-20/h4-11,14-16,27H,12-13H2,1-3H3/t27-/m0/s1. The van der Waals surface area contributed by atoms with Crippen LogP contribution in [-0.2, 0) is 6.42 Å². The van der Waals surface area contributed by atoms with Crippen molar-refractivity contribution in [2.75, 3.05) is 20.8 Å². The van der Waals surface area contributed by atoms with Crippen LogP contribution in [0.5, 0.6) is 11.5 Å². The van der Waals surface area contributed by atoms with Gasteiger partial charge in [-0.1, -0.05) is 59.2 Å². The fraction of sp³-hybridized carbons (Fsp3) is 0.214. The van der Waals surface area contributed by atoms with E-state index in [1.54, 1.807) is 21.1 Å². The summed E-state index contributed by atoms with van der Waals surface area (Å²) < 4.78 is 16.6. The van der Waals surface area contributed by atoms with E-state index in [4.69, 9.17) is 25.6 Å². The fourth-order valence-electron chi connectivity index (χ4n) is 4.76. The zero-order chi connectivity index (χ0) is 24.5. The summed E-state index contributed by atoms with van der Waals surface area (Å²) in [6.45, 7) is 2.28. The molecule has 1 aromatic heterocycles. The maximum Gasteiger partial charge on any atom is 0.260 e. The topological polar surface area (TPSA) is 64.8 Å². The van der Waals surface area contributed by atoms with Gasteiger partial charge in [0.05, 0.1) is 20.3 Å². The largest absolute Gasteiger partial charge is 0.493 e. The number of ether oxygens (including phenoxy) is 2. The number of amides is 1. The molecule has 6 nitrogen and oxygen atoms in total. The number of carbonyl (C=O) groups is 1. The summed E-state index contributed by atoms with van der Waals surface area (Å²) >= 11 is 6.38. The van der Waals surface area contributed by atoms with Crippen molar-refractivity contribution in [3.8, 4) is 22.8 Å². The first-order valence-corrected chi connectivity index (χ1v) is 11.7. The number of aromatic nitrogens is 1. The number of hydrogen-bond donors (Lipinski definition) is 0. The number of methoxy groups -OCH3 is 2. The Balaban J connectivity index is 1.66. The van der Waals surface area contributed by atoms with Crippen molar-refractivity contribution in [3.05, 3.63) is 99.8 Å². The fourth-order valence-corrected chi connectivity index (χ4v) is 4.96. The van der Waals surface area contributed by atoms with Gasteiger partial charge in [0.25, 0.3) is 5.91 Å². The highest BCUT2D eigenvalue weighted by Gasteiger charge is 2.36. The van der Waals surface area contributed by atoms with Gasteiger partial charge in [-0.15, -0.1) is 0 Å². The molecule has 0 spiro atoms. The zero-order valence-corrected chi connectivity index (χ0v) is 20.5. The highest BCUT2D eigenvalue weighted by molar-refractivity contribution is 6.30. The molecular weight excluding hydrogens is 464 g/mol. The van der Waals surface area contributed by atoms with Crippen molar-refractivity contribution >= 4 is 17.5 Å². The third-order valence-corrected chi connectivity index (χ3v) is 6.66. The molecule has 1 aliphatic rings. The van der Waals surface area contributed by atoms with Crippen LogP contribution in [0.1, 0.15) is 38.9 Å². The predicted octanol–water partition coefficient (Wildman–Crippen LogP) is 6.11. The molecule has 0 bridgehead atoms. The summed E-state index contributed by atoms with van der Waals surface area (Å²) in [6, 6.07) is 20.8. The van der Waals surface area contributed by atoms with Crippen molar-refractivity contribution in [2.45, 2.75) is 19.4 Å². The number of rotatable bonds is 5. The third kappa shape index (κ3) is 4.15. The van der Waals surface area contributed by atoms with E-state index in [9.17, 15) is 4.79 Å². The van der Waals surface area contributed by atoms with Gasteiger partial charge in [0.2, 0.25) is 0 Å². The van der Waals surface area contributed by atoms with Crippen LogP contribution in [0.2, 0.25) is 5.02 Å². The molecule has 0 saturated carbocycles. The molecule has 1 amide bonds. The first-order valence-electron chi connectivity index (χ1n) is 11.3. The second kappa shape index (κ2) is 9.47. The maximum absolute atomic E-state index is 14.2. The Morgan fingerprint density at radius 1 is 1.03 bits per heavy atom. The van der Waals surface area contributed by atoms with Crippen LogP contribution >= 0.6 is 11.6 Å². The van der Waals surface area contributed by atoms with E-state index in [-0.39, 0.29) is 11.9 Å². The van der Waals surface area contributed by atoms with Gasteiger partial charge in [-0.05, 0) is 54.3 Å². The van der Waals surface area contributed by atoms with Crippen molar-refractivity contribution in [1.29, 1.82) is 0 Å². The van der Waals surface area contributed by atoms with Crippen molar-refractivity contribution in [3.63, 3.8) is 0 Å². The smallest absolute Gasteiger partial charge is 0.260 e. The number of hydrogen-bond acceptors (Lipinski definition) is 5. The normalized spacial score (nSPS) is 15.0. The van der Waals surface area contributed by atoms with E-state index in [0.717, 1.165) is 22.3 Å². The number of benzene rings is 3. The lowest BCUT2D eigenvalue weighted by Crippen LogP contribution is -2.41. The molecule has 1 atom stereocenters. The summed E-state index contributed by atoms with van der Waals surface area (Å²) in [7, 11) is 3.23. The summed E-state index contributed by atoms with van der Waals surface area (Å²) in [5.74, 6) is 1.61. The first kappa shape index (κ1) is 23.0. The van der Waals surface area contributed by atoms with Gasteiger partial charge in [-0.3, -0.25) is 4.79 Å². The lowest BCUT2D eigenvalue weighted by Gasteiger charge is -2.38.